The monoisotopic (exact) mass is 214 g/mol. The lowest BCUT2D eigenvalue weighted by molar-refractivity contribution is 0.530. The molecule has 2 heterocycles. The molecular formula is C14H18N2. The number of hydrogen-bond donors (Lipinski definition) is 2. The quantitative estimate of drug-likeness (QED) is 0.759. The van der Waals surface area contributed by atoms with Crippen molar-refractivity contribution in [3.05, 3.63) is 47.1 Å². The van der Waals surface area contributed by atoms with Crippen LogP contribution >= 0.6 is 0 Å². The van der Waals surface area contributed by atoms with E-state index in [1.807, 2.05) is 18.2 Å². The number of aromatic amines is 1. The second kappa shape index (κ2) is 4.54. The van der Waals surface area contributed by atoms with E-state index >= 15 is 0 Å². The Labute approximate surface area is 96.1 Å². The van der Waals surface area contributed by atoms with E-state index < -0.39 is 0 Å². The van der Waals surface area contributed by atoms with E-state index in [9.17, 15) is 0 Å². The summed E-state index contributed by atoms with van der Waals surface area (Å²) in [6.45, 7) is 10.8. The Morgan fingerprint density at radius 2 is 2.00 bits per heavy atom. The standard InChI is InChI=1S/C14H18N2/c1-4-6-11-12-8-9-15-10(3)14(12)16-13(11)7-5-2/h4-7,10,15-16H,1-2,8-9H2,3H3/b11-6-,13-7+. The molecule has 1 aliphatic rings. The van der Waals surface area contributed by atoms with E-state index in [1.165, 1.54) is 16.5 Å². The average Bonchev–Trinajstić information content (AvgIpc) is 2.61. The molecule has 84 valence electrons. The van der Waals surface area contributed by atoms with Crippen LogP contribution in [0, 0.1) is 0 Å². The molecule has 0 saturated heterocycles. The van der Waals surface area contributed by atoms with Gasteiger partial charge in [-0.3, -0.25) is 0 Å². The molecule has 2 nitrogen and oxygen atoms in total. The van der Waals surface area contributed by atoms with Crippen molar-refractivity contribution in [3.8, 4) is 0 Å². The van der Waals surface area contributed by atoms with Gasteiger partial charge in [0.1, 0.15) is 0 Å². The molecule has 0 fully saturated rings. The second-order valence-corrected chi connectivity index (χ2v) is 4.08. The average molecular weight is 214 g/mol. The summed E-state index contributed by atoms with van der Waals surface area (Å²) >= 11 is 0. The minimum atomic E-state index is 0.396. The number of fused-ring (bicyclic) bond motifs is 1. The van der Waals surface area contributed by atoms with Crippen LogP contribution in [0.25, 0.3) is 12.2 Å². The van der Waals surface area contributed by atoms with Crippen LogP contribution in [0.1, 0.15) is 24.2 Å². The minimum absolute atomic E-state index is 0.396. The van der Waals surface area contributed by atoms with Crippen LogP contribution in [0.15, 0.2) is 25.3 Å². The van der Waals surface area contributed by atoms with Gasteiger partial charge in [-0.25, -0.2) is 0 Å². The number of H-pyrrole nitrogens is 1. The van der Waals surface area contributed by atoms with Crippen LogP contribution in [0.3, 0.4) is 0 Å². The Balaban J connectivity index is 2.74. The van der Waals surface area contributed by atoms with E-state index in [-0.39, 0.29) is 0 Å². The van der Waals surface area contributed by atoms with E-state index in [0.717, 1.165) is 18.3 Å². The number of nitrogens with one attached hydrogen (secondary N) is 2. The molecule has 0 aromatic carbocycles. The summed E-state index contributed by atoms with van der Waals surface area (Å²) in [5, 5.41) is 5.85. The molecular weight excluding hydrogens is 196 g/mol. The van der Waals surface area contributed by atoms with Crippen LogP contribution in [0.5, 0.6) is 0 Å². The number of aromatic nitrogens is 1. The van der Waals surface area contributed by atoms with Crippen molar-refractivity contribution in [2.75, 3.05) is 6.54 Å². The largest absolute Gasteiger partial charge is 0.357 e. The minimum Gasteiger partial charge on any atom is -0.357 e. The van der Waals surface area contributed by atoms with Crippen LogP contribution in [-0.2, 0) is 6.42 Å². The van der Waals surface area contributed by atoms with Gasteiger partial charge in [0, 0.05) is 22.3 Å². The number of rotatable bonds is 2. The van der Waals surface area contributed by atoms with Crippen molar-refractivity contribution < 1.29 is 0 Å². The predicted molar refractivity (Wildman–Crippen MR) is 69.5 cm³/mol. The highest BCUT2D eigenvalue weighted by molar-refractivity contribution is 5.46. The first kappa shape index (κ1) is 11.0. The van der Waals surface area contributed by atoms with Crippen LogP contribution in [0.2, 0.25) is 0 Å². The van der Waals surface area contributed by atoms with E-state index in [1.54, 1.807) is 0 Å². The molecule has 2 heteroatoms. The van der Waals surface area contributed by atoms with E-state index in [4.69, 9.17) is 0 Å². The molecule has 1 aromatic heterocycles. The third-order valence-corrected chi connectivity index (χ3v) is 3.04. The van der Waals surface area contributed by atoms with Crippen molar-refractivity contribution in [3.63, 3.8) is 0 Å². The van der Waals surface area contributed by atoms with Crippen LogP contribution in [0.4, 0.5) is 0 Å². The second-order valence-electron chi connectivity index (χ2n) is 4.08. The van der Waals surface area contributed by atoms with Crippen molar-refractivity contribution >= 4 is 12.2 Å². The predicted octanol–water partition coefficient (Wildman–Crippen LogP) is 1.15. The fraction of sp³-hybridized carbons (Fsp3) is 0.286. The molecule has 2 rings (SSSR count). The summed E-state index contributed by atoms with van der Waals surface area (Å²) in [5.74, 6) is 0. The molecule has 0 radical (unpaired) electrons. The highest BCUT2D eigenvalue weighted by Crippen LogP contribution is 2.15. The van der Waals surface area contributed by atoms with Gasteiger partial charge in [0.15, 0.2) is 0 Å². The maximum absolute atomic E-state index is 3.78. The van der Waals surface area contributed by atoms with Crippen molar-refractivity contribution in [2.45, 2.75) is 19.4 Å². The summed E-state index contributed by atoms with van der Waals surface area (Å²) in [5.41, 5.74) is 2.71. The van der Waals surface area contributed by atoms with E-state index in [2.05, 4.69) is 36.5 Å². The Kier molecular flexibility index (Phi) is 3.11. The molecule has 0 bridgehead atoms. The Morgan fingerprint density at radius 3 is 2.69 bits per heavy atom. The maximum Gasteiger partial charge on any atom is 0.0459 e. The first-order valence-corrected chi connectivity index (χ1v) is 5.67. The van der Waals surface area contributed by atoms with Gasteiger partial charge >= 0.3 is 0 Å². The Hall–Kier alpha value is -1.54. The first-order valence-electron chi connectivity index (χ1n) is 5.67. The zero-order chi connectivity index (χ0) is 11.5. The van der Waals surface area contributed by atoms with Crippen LogP contribution < -0.4 is 15.9 Å². The summed E-state index contributed by atoms with van der Waals surface area (Å²) in [6, 6.07) is 0.396. The van der Waals surface area contributed by atoms with Gasteiger partial charge in [0.05, 0.1) is 0 Å². The molecule has 1 aromatic rings. The third kappa shape index (κ3) is 1.76. The van der Waals surface area contributed by atoms with Gasteiger partial charge in [-0.2, -0.15) is 0 Å². The third-order valence-electron chi connectivity index (χ3n) is 3.04. The fourth-order valence-corrected chi connectivity index (χ4v) is 2.31. The molecule has 0 spiro atoms. The molecule has 1 atom stereocenters. The highest BCUT2D eigenvalue weighted by Gasteiger charge is 2.18. The lowest BCUT2D eigenvalue weighted by Crippen LogP contribution is -2.30. The zero-order valence-electron chi connectivity index (χ0n) is 9.72. The van der Waals surface area contributed by atoms with Crippen molar-refractivity contribution in [2.24, 2.45) is 0 Å². The molecule has 0 amide bonds. The lowest BCUT2D eigenvalue weighted by Gasteiger charge is -2.20. The van der Waals surface area contributed by atoms with E-state index in [0.29, 0.717) is 6.04 Å². The van der Waals surface area contributed by atoms with Gasteiger partial charge in [-0.1, -0.05) is 31.4 Å². The SMILES string of the molecule is C=C/C=c1/c2c([nH]/c1=C/C=C)C(C)NCC2. The molecule has 0 aliphatic carbocycles. The van der Waals surface area contributed by atoms with Gasteiger partial charge in [0.2, 0.25) is 0 Å². The van der Waals surface area contributed by atoms with Crippen molar-refractivity contribution in [1.29, 1.82) is 0 Å². The number of hydrogen-bond acceptors (Lipinski definition) is 1. The summed E-state index contributed by atoms with van der Waals surface area (Å²) in [6.07, 6.45) is 8.82. The summed E-state index contributed by atoms with van der Waals surface area (Å²) < 4.78 is 0. The van der Waals surface area contributed by atoms with Crippen molar-refractivity contribution in [1.82, 2.24) is 10.3 Å². The fourth-order valence-electron chi connectivity index (χ4n) is 2.31. The maximum atomic E-state index is 3.78. The zero-order valence-corrected chi connectivity index (χ0v) is 9.72. The summed E-state index contributed by atoms with van der Waals surface area (Å²) in [7, 11) is 0. The molecule has 16 heavy (non-hydrogen) atoms. The van der Waals surface area contributed by atoms with Gasteiger partial charge in [-0.05, 0) is 31.5 Å². The van der Waals surface area contributed by atoms with Gasteiger partial charge in [0.25, 0.3) is 0 Å². The topological polar surface area (TPSA) is 27.8 Å². The number of allylic oxidation sites excluding steroid dienone is 2. The van der Waals surface area contributed by atoms with Gasteiger partial charge < -0.3 is 10.3 Å². The molecule has 0 saturated carbocycles. The Morgan fingerprint density at radius 1 is 1.25 bits per heavy atom. The van der Waals surface area contributed by atoms with Crippen LogP contribution in [-0.4, -0.2) is 11.5 Å². The highest BCUT2D eigenvalue weighted by atomic mass is 15.0. The summed E-state index contributed by atoms with van der Waals surface area (Å²) in [4.78, 5) is 3.47. The van der Waals surface area contributed by atoms with Gasteiger partial charge in [-0.15, -0.1) is 0 Å². The molecule has 1 aliphatic heterocycles. The molecule has 2 N–H and O–H groups in total. The normalized spacial score (nSPS) is 21.9. The lowest BCUT2D eigenvalue weighted by atomic mass is 10.0. The smallest absolute Gasteiger partial charge is 0.0459 e. The Bertz CT molecular complexity index is 520. The molecule has 1 unspecified atom stereocenters. The first-order chi connectivity index (χ1) is 7.77.